The third-order valence-corrected chi connectivity index (χ3v) is 2.36. The van der Waals surface area contributed by atoms with Gasteiger partial charge < -0.3 is 20.3 Å². The fourth-order valence-corrected chi connectivity index (χ4v) is 1.26. The lowest BCUT2D eigenvalue weighted by Crippen LogP contribution is -2.29. The molecule has 0 aromatic heterocycles. The van der Waals surface area contributed by atoms with Gasteiger partial charge in [-0.2, -0.15) is 0 Å². The zero-order valence-corrected chi connectivity index (χ0v) is 9.93. The van der Waals surface area contributed by atoms with E-state index in [9.17, 15) is 9.90 Å². The number of aliphatic hydroxyl groups is 1. The standard InChI is InChI=1S/C12H17NO4/c1-8(7-14)6-13-12(16)9-3-4-11(17-2)10(15)5-9/h3-5,8,14-15H,6-7H2,1-2H3,(H,13,16). The van der Waals surface area contributed by atoms with Crippen molar-refractivity contribution in [1.29, 1.82) is 0 Å². The highest BCUT2D eigenvalue weighted by atomic mass is 16.5. The Kier molecular flexibility index (Phi) is 4.78. The third-order valence-electron chi connectivity index (χ3n) is 2.36. The molecule has 0 bridgehead atoms. The summed E-state index contributed by atoms with van der Waals surface area (Å²) in [6.45, 7) is 2.24. The first-order valence-corrected chi connectivity index (χ1v) is 5.34. The Labute approximate surface area is 100 Å². The number of benzene rings is 1. The minimum absolute atomic E-state index is 0.00537. The minimum atomic E-state index is -0.289. The molecule has 0 aliphatic heterocycles. The summed E-state index contributed by atoms with van der Waals surface area (Å²) in [6.07, 6.45) is 0. The van der Waals surface area contributed by atoms with Gasteiger partial charge in [-0.1, -0.05) is 6.92 Å². The predicted molar refractivity (Wildman–Crippen MR) is 63.2 cm³/mol. The Balaban J connectivity index is 2.66. The van der Waals surface area contributed by atoms with Crippen LogP contribution >= 0.6 is 0 Å². The van der Waals surface area contributed by atoms with Crippen LogP contribution in [0.25, 0.3) is 0 Å². The van der Waals surface area contributed by atoms with Gasteiger partial charge >= 0.3 is 0 Å². The lowest BCUT2D eigenvalue weighted by atomic mass is 10.1. The number of hydrogen-bond acceptors (Lipinski definition) is 4. The van der Waals surface area contributed by atoms with E-state index in [2.05, 4.69) is 5.32 Å². The van der Waals surface area contributed by atoms with Crippen LogP contribution in [0.5, 0.6) is 11.5 Å². The van der Waals surface area contributed by atoms with Crippen molar-refractivity contribution < 1.29 is 19.7 Å². The first-order valence-electron chi connectivity index (χ1n) is 5.34. The third kappa shape index (κ3) is 3.64. The number of amides is 1. The van der Waals surface area contributed by atoms with Gasteiger partial charge in [0.05, 0.1) is 7.11 Å². The minimum Gasteiger partial charge on any atom is -0.504 e. The Morgan fingerprint density at radius 3 is 2.76 bits per heavy atom. The average molecular weight is 239 g/mol. The second-order valence-corrected chi connectivity index (χ2v) is 3.88. The van der Waals surface area contributed by atoms with E-state index in [-0.39, 0.29) is 24.2 Å². The van der Waals surface area contributed by atoms with Gasteiger partial charge in [-0.15, -0.1) is 0 Å². The molecule has 0 saturated heterocycles. The van der Waals surface area contributed by atoms with Crippen LogP contribution < -0.4 is 10.1 Å². The van der Waals surface area contributed by atoms with Gasteiger partial charge in [0.2, 0.25) is 0 Å². The quantitative estimate of drug-likeness (QED) is 0.708. The number of carbonyl (C=O) groups is 1. The second kappa shape index (κ2) is 6.10. The lowest BCUT2D eigenvalue weighted by molar-refractivity contribution is 0.0942. The van der Waals surface area contributed by atoms with Crippen molar-refractivity contribution in [3.05, 3.63) is 23.8 Å². The van der Waals surface area contributed by atoms with Crippen LogP contribution in [0.3, 0.4) is 0 Å². The number of phenolic OH excluding ortho intramolecular Hbond substituents is 1. The number of phenols is 1. The number of hydrogen-bond donors (Lipinski definition) is 3. The van der Waals surface area contributed by atoms with E-state index in [1.807, 2.05) is 6.92 Å². The number of methoxy groups -OCH3 is 1. The fourth-order valence-electron chi connectivity index (χ4n) is 1.26. The van der Waals surface area contributed by atoms with Crippen LogP contribution in [-0.2, 0) is 0 Å². The van der Waals surface area contributed by atoms with E-state index < -0.39 is 0 Å². The molecule has 1 atom stereocenters. The summed E-state index contributed by atoms with van der Waals surface area (Å²) in [4.78, 5) is 11.7. The number of nitrogens with one attached hydrogen (secondary N) is 1. The van der Waals surface area contributed by atoms with Crippen LogP contribution in [0.2, 0.25) is 0 Å². The molecular formula is C12H17NO4. The summed E-state index contributed by atoms with van der Waals surface area (Å²) < 4.78 is 4.88. The topological polar surface area (TPSA) is 78.8 Å². The predicted octanol–water partition coefficient (Wildman–Crippen LogP) is 0.759. The molecule has 0 spiro atoms. The molecule has 5 heteroatoms. The molecule has 0 fully saturated rings. The SMILES string of the molecule is COc1ccc(C(=O)NCC(C)CO)cc1O. The molecule has 0 saturated carbocycles. The summed E-state index contributed by atoms with van der Waals surface area (Å²) in [5, 5.41) is 21.0. The van der Waals surface area contributed by atoms with Crippen LogP contribution in [0.1, 0.15) is 17.3 Å². The molecule has 1 rings (SSSR count). The van der Waals surface area contributed by atoms with Crippen LogP contribution in [0.4, 0.5) is 0 Å². The number of carbonyl (C=O) groups excluding carboxylic acids is 1. The number of aromatic hydroxyl groups is 1. The Morgan fingerprint density at radius 2 is 2.24 bits per heavy atom. The summed E-state index contributed by atoms with van der Waals surface area (Å²) in [7, 11) is 1.44. The van der Waals surface area contributed by atoms with Crippen molar-refractivity contribution in [2.45, 2.75) is 6.92 Å². The second-order valence-electron chi connectivity index (χ2n) is 3.88. The molecule has 5 nitrogen and oxygen atoms in total. The van der Waals surface area contributed by atoms with Gasteiger partial charge in [0.15, 0.2) is 11.5 Å². The van der Waals surface area contributed by atoms with Crippen molar-refractivity contribution in [3.63, 3.8) is 0 Å². The lowest BCUT2D eigenvalue weighted by Gasteiger charge is -2.10. The molecule has 1 aromatic carbocycles. The van der Waals surface area contributed by atoms with Gasteiger partial charge in [0, 0.05) is 18.7 Å². The smallest absolute Gasteiger partial charge is 0.251 e. The maximum Gasteiger partial charge on any atom is 0.251 e. The fraction of sp³-hybridized carbons (Fsp3) is 0.417. The van der Waals surface area contributed by atoms with E-state index in [4.69, 9.17) is 9.84 Å². The van der Waals surface area contributed by atoms with Crippen molar-refractivity contribution >= 4 is 5.91 Å². The van der Waals surface area contributed by atoms with E-state index in [1.54, 1.807) is 6.07 Å². The van der Waals surface area contributed by atoms with E-state index >= 15 is 0 Å². The first kappa shape index (κ1) is 13.3. The summed E-state index contributed by atoms with van der Waals surface area (Å²) in [5.41, 5.74) is 0.355. The van der Waals surface area contributed by atoms with Gasteiger partial charge in [-0.05, 0) is 24.1 Å². The van der Waals surface area contributed by atoms with Gasteiger partial charge in [0.25, 0.3) is 5.91 Å². The summed E-state index contributed by atoms with van der Waals surface area (Å²) in [5.74, 6) is -0.0327. The molecule has 0 heterocycles. The summed E-state index contributed by atoms with van der Waals surface area (Å²) >= 11 is 0. The van der Waals surface area contributed by atoms with Crippen LogP contribution in [0, 0.1) is 5.92 Å². The highest BCUT2D eigenvalue weighted by Gasteiger charge is 2.10. The molecular weight excluding hydrogens is 222 g/mol. The average Bonchev–Trinajstić information content (AvgIpc) is 2.35. The monoisotopic (exact) mass is 239 g/mol. The van der Waals surface area contributed by atoms with E-state index in [0.29, 0.717) is 17.9 Å². The summed E-state index contributed by atoms with van der Waals surface area (Å²) in [6, 6.07) is 4.44. The Morgan fingerprint density at radius 1 is 1.53 bits per heavy atom. The zero-order valence-electron chi connectivity index (χ0n) is 9.93. The Hall–Kier alpha value is -1.75. The molecule has 94 valence electrons. The normalized spacial score (nSPS) is 11.9. The molecule has 1 unspecified atom stereocenters. The molecule has 1 amide bonds. The first-order chi connectivity index (χ1) is 8.08. The molecule has 0 radical (unpaired) electrons. The molecule has 0 aliphatic carbocycles. The van der Waals surface area contributed by atoms with Gasteiger partial charge in [-0.3, -0.25) is 4.79 Å². The van der Waals surface area contributed by atoms with Crippen molar-refractivity contribution in [2.75, 3.05) is 20.3 Å². The largest absolute Gasteiger partial charge is 0.504 e. The highest BCUT2D eigenvalue weighted by molar-refractivity contribution is 5.94. The zero-order chi connectivity index (χ0) is 12.8. The maximum absolute atomic E-state index is 11.7. The molecule has 3 N–H and O–H groups in total. The maximum atomic E-state index is 11.7. The van der Waals surface area contributed by atoms with Crippen molar-refractivity contribution in [2.24, 2.45) is 5.92 Å². The molecule has 1 aromatic rings. The van der Waals surface area contributed by atoms with Crippen LogP contribution in [-0.4, -0.2) is 36.4 Å². The van der Waals surface area contributed by atoms with E-state index in [0.717, 1.165) is 0 Å². The number of rotatable bonds is 5. The highest BCUT2D eigenvalue weighted by Crippen LogP contribution is 2.26. The molecule has 0 aliphatic rings. The van der Waals surface area contributed by atoms with Gasteiger partial charge in [0.1, 0.15) is 0 Å². The van der Waals surface area contributed by atoms with Crippen molar-refractivity contribution in [3.8, 4) is 11.5 Å². The number of aliphatic hydroxyl groups excluding tert-OH is 1. The van der Waals surface area contributed by atoms with E-state index in [1.165, 1.54) is 19.2 Å². The number of ether oxygens (including phenoxy) is 1. The van der Waals surface area contributed by atoms with Gasteiger partial charge in [-0.25, -0.2) is 0 Å². The molecule has 17 heavy (non-hydrogen) atoms. The van der Waals surface area contributed by atoms with Crippen molar-refractivity contribution in [1.82, 2.24) is 5.32 Å². The Bertz CT molecular complexity index is 392. The van der Waals surface area contributed by atoms with Crippen LogP contribution in [0.15, 0.2) is 18.2 Å².